The molecule has 0 atom stereocenters. The monoisotopic (exact) mass is 365 g/mol. The fourth-order valence-corrected chi connectivity index (χ4v) is 3.35. The number of hydrogen-bond donors (Lipinski definition) is 1. The molecule has 0 unspecified atom stereocenters. The van der Waals surface area contributed by atoms with Crippen molar-refractivity contribution in [3.05, 3.63) is 21.9 Å². The van der Waals surface area contributed by atoms with Gasteiger partial charge in [0.1, 0.15) is 16.5 Å². The van der Waals surface area contributed by atoms with Crippen molar-refractivity contribution in [2.75, 3.05) is 26.2 Å². The zero-order valence-corrected chi connectivity index (χ0v) is 16.0. The highest BCUT2D eigenvalue weighted by atomic mass is 32.1. The molecule has 2 rings (SSSR count). The second-order valence-electron chi connectivity index (χ2n) is 7.09. The van der Waals surface area contributed by atoms with E-state index in [4.69, 9.17) is 14.7 Å². The molecule has 0 bridgehead atoms. The van der Waals surface area contributed by atoms with E-state index in [1.54, 1.807) is 4.90 Å². The summed E-state index contributed by atoms with van der Waals surface area (Å²) in [5.41, 5.74) is -0.452. The third-order valence-corrected chi connectivity index (χ3v) is 4.79. The molecule has 25 heavy (non-hydrogen) atoms. The minimum atomic E-state index is -0.452. The molecule has 0 saturated carbocycles. The first-order chi connectivity index (χ1) is 11.9. The maximum Gasteiger partial charge on any atom is 0.410 e. The zero-order valence-electron chi connectivity index (χ0n) is 15.2. The molecule has 1 aromatic heterocycles. The van der Waals surface area contributed by atoms with Gasteiger partial charge in [-0.05, 0) is 45.7 Å². The van der Waals surface area contributed by atoms with Crippen molar-refractivity contribution in [1.29, 1.82) is 5.26 Å². The minimum Gasteiger partial charge on any atom is -0.444 e. The summed E-state index contributed by atoms with van der Waals surface area (Å²) in [6.45, 7) is 9.17. The first kappa shape index (κ1) is 19.7. The third kappa shape index (κ3) is 7.02. The van der Waals surface area contributed by atoms with Gasteiger partial charge in [-0.2, -0.15) is 5.26 Å². The van der Waals surface area contributed by atoms with Crippen molar-refractivity contribution >= 4 is 17.4 Å². The Morgan fingerprint density at radius 3 is 2.72 bits per heavy atom. The number of ether oxygens (including phenoxy) is 2. The largest absolute Gasteiger partial charge is 0.444 e. The molecule has 0 radical (unpaired) electrons. The molecule has 1 fully saturated rings. The van der Waals surface area contributed by atoms with Crippen LogP contribution in [0.2, 0.25) is 0 Å². The van der Waals surface area contributed by atoms with Crippen LogP contribution in [-0.2, 0) is 16.0 Å². The highest BCUT2D eigenvalue weighted by Gasteiger charge is 2.26. The Labute approximate surface area is 153 Å². The Morgan fingerprint density at radius 1 is 1.40 bits per heavy atom. The highest BCUT2D eigenvalue weighted by molar-refractivity contribution is 7.12. The van der Waals surface area contributed by atoms with E-state index in [2.05, 4.69) is 11.4 Å². The summed E-state index contributed by atoms with van der Waals surface area (Å²) in [6.07, 6.45) is 1.65. The van der Waals surface area contributed by atoms with Gasteiger partial charge < -0.3 is 19.7 Å². The van der Waals surface area contributed by atoms with E-state index in [0.717, 1.165) is 35.7 Å². The van der Waals surface area contributed by atoms with E-state index >= 15 is 0 Å². The van der Waals surface area contributed by atoms with Crippen LogP contribution in [0.1, 0.15) is 43.4 Å². The molecule has 1 saturated heterocycles. The van der Waals surface area contributed by atoms with Gasteiger partial charge in [0.2, 0.25) is 0 Å². The van der Waals surface area contributed by atoms with Gasteiger partial charge in [0.25, 0.3) is 0 Å². The van der Waals surface area contributed by atoms with Crippen LogP contribution in [0.15, 0.2) is 12.1 Å². The summed E-state index contributed by atoms with van der Waals surface area (Å²) in [7, 11) is 0. The van der Waals surface area contributed by atoms with Crippen molar-refractivity contribution in [3.8, 4) is 6.07 Å². The molecule has 1 aromatic rings. The molecular formula is C18H27N3O3S. The lowest BCUT2D eigenvalue weighted by atomic mass is 10.1. The van der Waals surface area contributed by atoms with Gasteiger partial charge in [0, 0.05) is 31.1 Å². The van der Waals surface area contributed by atoms with Crippen molar-refractivity contribution in [3.63, 3.8) is 0 Å². The summed E-state index contributed by atoms with van der Waals surface area (Å²) < 4.78 is 11.3. The molecule has 1 amide bonds. The lowest BCUT2D eigenvalue weighted by molar-refractivity contribution is -0.0104. The number of rotatable bonds is 6. The van der Waals surface area contributed by atoms with E-state index in [9.17, 15) is 4.79 Å². The fraction of sp³-hybridized carbons (Fsp3) is 0.667. The molecule has 7 heteroatoms. The molecular weight excluding hydrogens is 338 g/mol. The first-order valence-electron chi connectivity index (χ1n) is 8.66. The van der Waals surface area contributed by atoms with Crippen LogP contribution in [-0.4, -0.2) is 48.9 Å². The first-order valence-corrected chi connectivity index (χ1v) is 9.48. The quantitative estimate of drug-likeness (QED) is 0.784. The van der Waals surface area contributed by atoms with E-state index in [-0.39, 0.29) is 12.2 Å². The molecule has 0 aromatic carbocycles. The second-order valence-corrected chi connectivity index (χ2v) is 8.26. The smallest absolute Gasteiger partial charge is 0.410 e. The van der Waals surface area contributed by atoms with Crippen molar-refractivity contribution in [2.45, 2.75) is 51.9 Å². The van der Waals surface area contributed by atoms with E-state index in [1.165, 1.54) is 11.3 Å². The number of thiophene rings is 1. The number of nitrogens with zero attached hydrogens (tertiary/aromatic N) is 2. The average molecular weight is 365 g/mol. The number of likely N-dealkylation sites (tertiary alicyclic amines) is 1. The fourth-order valence-electron chi connectivity index (χ4n) is 2.57. The molecule has 0 aliphatic carbocycles. The van der Waals surface area contributed by atoms with Gasteiger partial charge in [-0.1, -0.05) is 0 Å². The highest BCUT2D eigenvalue weighted by Crippen LogP contribution is 2.17. The number of nitriles is 1. The van der Waals surface area contributed by atoms with E-state index < -0.39 is 5.60 Å². The van der Waals surface area contributed by atoms with Gasteiger partial charge in [0.05, 0.1) is 12.7 Å². The number of piperidine rings is 1. The standard InChI is InChI=1S/C18H27N3O3S/c1-18(2,3)24-17(22)21-9-6-14(7-10-21)23-11-8-20-13-16-5-4-15(12-19)25-16/h4-5,14,20H,6-11,13H2,1-3H3. The Kier molecular flexibility index (Phi) is 7.24. The van der Waals surface area contributed by atoms with Crippen LogP contribution in [0.5, 0.6) is 0 Å². The maximum atomic E-state index is 12.0. The lowest BCUT2D eigenvalue weighted by Gasteiger charge is -2.33. The van der Waals surface area contributed by atoms with Gasteiger partial charge >= 0.3 is 6.09 Å². The Bertz CT molecular complexity index is 595. The second kappa shape index (κ2) is 9.18. The summed E-state index contributed by atoms with van der Waals surface area (Å²) >= 11 is 1.51. The Balaban J connectivity index is 1.56. The predicted octanol–water partition coefficient (Wildman–Crippen LogP) is 3.13. The third-order valence-electron chi connectivity index (χ3n) is 3.80. The predicted molar refractivity (Wildman–Crippen MR) is 97.5 cm³/mol. The zero-order chi connectivity index (χ0) is 18.3. The molecule has 1 N–H and O–H groups in total. The minimum absolute atomic E-state index is 0.201. The van der Waals surface area contributed by atoms with Crippen LogP contribution in [0, 0.1) is 11.3 Å². The molecule has 6 nitrogen and oxygen atoms in total. The van der Waals surface area contributed by atoms with Crippen molar-refractivity contribution in [2.24, 2.45) is 0 Å². The SMILES string of the molecule is CC(C)(C)OC(=O)N1CCC(OCCNCc2ccc(C#N)s2)CC1. The molecule has 138 valence electrons. The summed E-state index contributed by atoms with van der Waals surface area (Å²) in [5, 5.41) is 12.1. The van der Waals surface area contributed by atoms with Crippen LogP contribution in [0.4, 0.5) is 4.79 Å². The number of hydrogen-bond acceptors (Lipinski definition) is 6. The molecule has 0 spiro atoms. The van der Waals surface area contributed by atoms with Gasteiger partial charge in [-0.15, -0.1) is 11.3 Å². The van der Waals surface area contributed by atoms with Crippen LogP contribution in [0.3, 0.4) is 0 Å². The van der Waals surface area contributed by atoms with E-state index in [0.29, 0.717) is 19.7 Å². The molecule has 1 aliphatic heterocycles. The molecule has 1 aliphatic rings. The maximum absolute atomic E-state index is 12.0. The number of carbonyl (C=O) groups is 1. The van der Waals surface area contributed by atoms with E-state index in [1.807, 2.05) is 32.9 Å². The topological polar surface area (TPSA) is 74.6 Å². The average Bonchev–Trinajstić information content (AvgIpc) is 3.01. The number of amides is 1. The van der Waals surface area contributed by atoms with Crippen molar-refractivity contribution < 1.29 is 14.3 Å². The van der Waals surface area contributed by atoms with Crippen LogP contribution >= 0.6 is 11.3 Å². The lowest BCUT2D eigenvalue weighted by Crippen LogP contribution is -2.43. The van der Waals surface area contributed by atoms with Gasteiger partial charge in [0.15, 0.2) is 0 Å². The van der Waals surface area contributed by atoms with Crippen molar-refractivity contribution in [1.82, 2.24) is 10.2 Å². The summed E-state index contributed by atoms with van der Waals surface area (Å²) in [4.78, 5) is 15.7. The van der Waals surface area contributed by atoms with Gasteiger partial charge in [-0.3, -0.25) is 0 Å². The normalized spacial score (nSPS) is 15.8. The van der Waals surface area contributed by atoms with Crippen LogP contribution in [0.25, 0.3) is 0 Å². The van der Waals surface area contributed by atoms with Crippen LogP contribution < -0.4 is 5.32 Å². The van der Waals surface area contributed by atoms with Gasteiger partial charge in [-0.25, -0.2) is 4.79 Å². The molecule has 2 heterocycles. The number of nitrogens with one attached hydrogen (secondary N) is 1. The summed E-state index contributed by atoms with van der Waals surface area (Å²) in [5.74, 6) is 0. The Hall–Kier alpha value is -1.62. The summed E-state index contributed by atoms with van der Waals surface area (Å²) in [6, 6.07) is 5.96. The number of carbonyl (C=O) groups excluding carboxylic acids is 1. The Morgan fingerprint density at radius 2 is 2.12 bits per heavy atom.